The molecule has 1 aliphatic rings. The van der Waals surface area contributed by atoms with E-state index in [1.807, 2.05) is 13.8 Å². The molecule has 182 valence electrons. The van der Waals surface area contributed by atoms with Gasteiger partial charge in [-0.25, -0.2) is 0 Å². The van der Waals surface area contributed by atoms with E-state index < -0.39 is 41.9 Å². The van der Waals surface area contributed by atoms with Crippen molar-refractivity contribution in [2.24, 2.45) is 29.6 Å². The first-order valence-corrected chi connectivity index (χ1v) is 11.8. The highest BCUT2D eigenvalue weighted by Crippen LogP contribution is 2.26. The van der Waals surface area contributed by atoms with Crippen LogP contribution in [0.2, 0.25) is 0 Å². The van der Waals surface area contributed by atoms with Crippen LogP contribution in [0.1, 0.15) is 80.6 Å². The average molecular weight is 451 g/mol. The first kappa shape index (κ1) is 28.1. The summed E-state index contributed by atoms with van der Waals surface area (Å²) in [4.78, 5) is 36.7. The largest absolute Gasteiger partial charge is 0.481 e. The summed E-state index contributed by atoms with van der Waals surface area (Å²) in [5.74, 6) is -2.30. The zero-order valence-electron chi connectivity index (χ0n) is 20.8. The number of cyclic esters (lactones) is 1. The van der Waals surface area contributed by atoms with Crippen LogP contribution >= 0.6 is 0 Å². The van der Waals surface area contributed by atoms with Gasteiger partial charge in [-0.2, -0.15) is 0 Å². The molecule has 6 heteroatoms. The van der Waals surface area contributed by atoms with Gasteiger partial charge in [-0.15, -0.1) is 0 Å². The van der Waals surface area contributed by atoms with E-state index in [1.165, 1.54) is 0 Å². The Morgan fingerprint density at radius 2 is 1.84 bits per heavy atom. The molecule has 0 aromatic carbocycles. The first-order chi connectivity index (χ1) is 14.8. The van der Waals surface area contributed by atoms with Crippen molar-refractivity contribution in [3.05, 3.63) is 23.3 Å². The van der Waals surface area contributed by atoms with Gasteiger partial charge in [0.1, 0.15) is 11.9 Å². The maximum absolute atomic E-state index is 12.9. The summed E-state index contributed by atoms with van der Waals surface area (Å²) in [6.07, 6.45) is 5.26. The summed E-state index contributed by atoms with van der Waals surface area (Å²) >= 11 is 0. The van der Waals surface area contributed by atoms with Gasteiger partial charge in [-0.05, 0) is 63.9 Å². The summed E-state index contributed by atoms with van der Waals surface area (Å²) < 4.78 is 5.73. The molecule has 0 bridgehead atoms. The minimum atomic E-state index is -0.864. The SMILES string of the molecule is CC1=CC(C)CC(C)CCC(O)C(C)C(=O)OC1CC(=O)C(C)/C=C(\C)CC(C)C(=O)O. The van der Waals surface area contributed by atoms with Gasteiger partial charge in [0.05, 0.1) is 17.9 Å². The third-order valence-electron chi connectivity index (χ3n) is 6.47. The lowest BCUT2D eigenvalue weighted by molar-refractivity contribution is -0.156. The number of rotatable bonds is 7. The molecule has 1 aliphatic heterocycles. The molecule has 1 rings (SSSR count). The number of aliphatic hydroxyl groups is 1. The summed E-state index contributed by atoms with van der Waals surface area (Å²) in [7, 11) is 0. The van der Waals surface area contributed by atoms with Gasteiger partial charge >= 0.3 is 11.9 Å². The number of hydrogen-bond acceptors (Lipinski definition) is 5. The van der Waals surface area contributed by atoms with Gasteiger partial charge in [0.25, 0.3) is 0 Å². The summed E-state index contributed by atoms with van der Waals surface area (Å²) in [5.41, 5.74) is 1.70. The standard InChI is InChI=1S/C26H42O6/c1-15-8-9-22(27)21(7)26(31)32-24(19(5)12-16(2)10-15)14-23(28)18(4)11-17(3)13-20(6)25(29)30/h11-12,15-16,18,20-22,24,27H,8-10,13-14H2,1-7H3,(H,29,30)/b17-11+,19-12?. The van der Waals surface area contributed by atoms with Crippen LogP contribution in [0.3, 0.4) is 0 Å². The fraction of sp³-hybridized carbons (Fsp3) is 0.731. The average Bonchev–Trinajstić information content (AvgIpc) is 2.69. The van der Waals surface area contributed by atoms with E-state index in [9.17, 15) is 19.5 Å². The number of carbonyl (C=O) groups excluding carboxylic acids is 2. The smallest absolute Gasteiger partial charge is 0.311 e. The van der Waals surface area contributed by atoms with Gasteiger partial charge < -0.3 is 14.9 Å². The van der Waals surface area contributed by atoms with Gasteiger partial charge in [-0.1, -0.05) is 45.4 Å². The highest BCUT2D eigenvalue weighted by atomic mass is 16.5. The number of Topliss-reactive ketones (excluding diaryl/α,β-unsaturated/α-hetero) is 1. The second-order valence-electron chi connectivity index (χ2n) is 10.0. The maximum atomic E-state index is 12.9. The Kier molecular flexibility index (Phi) is 11.3. The van der Waals surface area contributed by atoms with E-state index in [1.54, 1.807) is 26.8 Å². The van der Waals surface area contributed by atoms with Gasteiger partial charge in [0.15, 0.2) is 0 Å². The van der Waals surface area contributed by atoms with Crippen LogP contribution in [0.25, 0.3) is 0 Å². The van der Waals surface area contributed by atoms with Crippen molar-refractivity contribution < 1.29 is 29.3 Å². The van der Waals surface area contributed by atoms with Crippen LogP contribution in [0.4, 0.5) is 0 Å². The van der Waals surface area contributed by atoms with Gasteiger partial charge in [0.2, 0.25) is 0 Å². The lowest BCUT2D eigenvalue weighted by atomic mass is 9.87. The van der Waals surface area contributed by atoms with E-state index in [-0.39, 0.29) is 18.1 Å². The molecule has 0 amide bonds. The Morgan fingerprint density at radius 3 is 2.44 bits per heavy atom. The predicted molar refractivity (Wildman–Crippen MR) is 125 cm³/mol. The summed E-state index contributed by atoms with van der Waals surface area (Å²) in [5, 5.41) is 19.5. The van der Waals surface area contributed by atoms with E-state index >= 15 is 0 Å². The molecule has 0 aliphatic carbocycles. The molecule has 0 saturated heterocycles. The van der Waals surface area contributed by atoms with Gasteiger partial charge in [0, 0.05) is 12.3 Å². The van der Waals surface area contributed by atoms with E-state index in [0.717, 1.165) is 24.0 Å². The Morgan fingerprint density at radius 1 is 1.22 bits per heavy atom. The minimum Gasteiger partial charge on any atom is -0.481 e. The van der Waals surface area contributed by atoms with Crippen molar-refractivity contribution in [1.29, 1.82) is 0 Å². The molecule has 0 aromatic rings. The number of ether oxygens (including phenoxy) is 1. The molecule has 7 unspecified atom stereocenters. The lowest BCUT2D eigenvalue weighted by Gasteiger charge is -2.26. The highest BCUT2D eigenvalue weighted by molar-refractivity contribution is 5.84. The number of allylic oxidation sites excluding steroid dienone is 3. The molecule has 0 fully saturated rings. The Balaban J connectivity index is 3.03. The molecule has 2 N–H and O–H groups in total. The monoisotopic (exact) mass is 450 g/mol. The van der Waals surface area contributed by atoms with Crippen molar-refractivity contribution in [1.82, 2.24) is 0 Å². The maximum Gasteiger partial charge on any atom is 0.311 e. The van der Waals surface area contributed by atoms with Crippen molar-refractivity contribution >= 4 is 17.7 Å². The lowest BCUT2D eigenvalue weighted by Crippen LogP contribution is -2.33. The minimum absolute atomic E-state index is 0.0542. The third kappa shape index (κ3) is 9.27. The third-order valence-corrected chi connectivity index (χ3v) is 6.47. The second-order valence-corrected chi connectivity index (χ2v) is 10.0. The number of carboxylic acids is 1. The number of carboxylic acid groups (broad SMARTS) is 1. The number of aliphatic carboxylic acids is 1. The van der Waals surface area contributed by atoms with E-state index in [0.29, 0.717) is 18.8 Å². The van der Waals surface area contributed by atoms with Crippen molar-refractivity contribution in [3.8, 4) is 0 Å². The predicted octanol–water partition coefficient (Wildman–Crippen LogP) is 4.95. The molecular formula is C26H42O6. The second kappa shape index (κ2) is 12.9. The fourth-order valence-electron chi connectivity index (χ4n) is 4.31. The van der Waals surface area contributed by atoms with Crippen LogP contribution in [-0.4, -0.2) is 40.1 Å². The molecule has 0 aromatic heterocycles. The molecule has 0 saturated carbocycles. The Hall–Kier alpha value is -1.95. The van der Waals surface area contributed by atoms with E-state index in [4.69, 9.17) is 9.84 Å². The molecule has 1 heterocycles. The topological polar surface area (TPSA) is 101 Å². The molecule has 0 radical (unpaired) electrons. The summed E-state index contributed by atoms with van der Waals surface area (Å²) in [6, 6.07) is 0. The van der Waals surface area contributed by atoms with Crippen LogP contribution in [0.5, 0.6) is 0 Å². The number of esters is 1. The van der Waals surface area contributed by atoms with E-state index in [2.05, 4.69) is 19.9 Å². The van der Waals surface area contributed by atoms with Crippen LogP contribution in [-0.2, 0) is 19.1 Å². The number of aliphatic hydroxyl groups excluding tert-OH is 1. The molecule has 6 nitrogen and oxygen atoms in total. The van der Waals surface area contributed by atoms with Crippen LogP contribution in [0, 0.1) is 29.6 Å². The fourth-order valence-corrected chi connectivity index (χ4v) is 4.31. The highest BCUT2D eigenvalue weighted by Gasteiger charge is 2.30. The van der Waals surface area contributed by atoms with Crippen molar-refractivity contribution in [2.45, 2.75) is 92.8 Å². The zero-order valence-corrected chi connectivity index (χ0v) is 20.8. The van der Waals surface area contributed by atoms with Crippen molar-refractivity contribution in [3.63, 3.8) is 0 Å². The molecule has 7 atom stereocenters. The Bertz CT molecular complexity index is 722. The van der Waals surface area contributed by atoms with Gasteiger partial charge in [-0.3, -0.25) is 14.4 Å². The normalized spacial score (nSPS) is 30.2. The molecule has 0 spiro atoms. The molecule has 32 heavy (non-hydrogen) atoms. The first-order valence-electron chi connectivity index (χ1n) is 11.8. The van der Waals surface area contributed by atoms with Crippen LogP contribution in [0.15, 0.2) is 23.3 Å². The number of hydrogen-bond donors (Lipinski definition) is 2. The Labute approximate surface area is 193 Å². The summed E-state index contributed by atoms with van der Waals surface area (Å²) in [6.45, 7) is 13.1. The van der Waals surface area contributed by atoms with Crippen molar-refractivity contribution in [2.75, 3.05) is 0 Å². The molecular weight excluding hydrogens is 408 g/mol. The zero-order chi connectivity index (χ0) is 24.6. The number of carbonyl (C=O) groups is 3. The quantitative estimate of drug-likeness (QED) is 0.420. The van der Waals surface area contributed by atoms with Crippen LogP contribution < -0.4 is 0 Å². The number of ketones is 1.